The van der Waals surface area contributed by atoms with E-state index >= 15 is 0 Å². The molecule has 203 valence electrons. The van der Waals surface area contributed by atoms with Crippen LogP contribution >= 0.6 is 0 Å². The maximum atomic E-state index is 11.5. The van der Waals surface area contributed by atoms with Gasteiger partial charge in [0.05, 0.1) is 23.4 Å². The SMILES string of the molecule is O=C1C=CC=C/C1=C/N=Nc1c(O)[nH]c2ccccc12.O=C1C=CC=C/C1=C\N=Nc1c(O)[nH]c2ccccc12.[Mn]. The molecule has 6 rings (SSSR count). The molecule has 0 fully saturated rings. The molecule has 2 heterocycles. The summed E-state index contributed by atoms with van der Waals surface area (Å²) >= 11 is 0. The van der Waals surface area contributed by atoms with Gasteiger partial charge in [-0.25, -0.2) is 0 Å². The first-order valence-electron chi connectivity index (χ1n) is 12.1. The molecule has 4 aromatic rings. The summed E-state index contributed by atoms with van der Waals surface area (Å²) in [5.74, 6) is -0.318. The molecular weight excluding hydrogens is 563 g/mol. The van der Waals surface area contributed by atoms with E-state index in [0.717, 1.165) is 21.8 Å². The minimum atomic E-state index is -0.116. The van der Waals surface area contributed by atoms with Crippen molar-refractivity contribution in [3.8, 4) is 11.8 Å². The van der Waals surface area contributed by atoms with Crippen LogP contribution in [-0.2, 0) is 26.7 Å². The zero-order chi connectivity index (χ0) is 27.9. The Labute approximate surface area is 244 Å². The van der Waals surface area contributed by atoms with Gasteiger partial charge in [0.15, 0.2) is 22.9 Å². The van der Waals surface area contributed by atoms with Gasteiger partial charge < -0.3 is 20.2 Å². The Kier molecular flexibility index (Phi) is 9.16. The third-order valence-corrected chi connectivity index (χ3v) is 5.87. The molecule has 0 saturated carbocycles. The van der Waals surface area contributed by atoms with Crippen molar-refractivity contribution in [2.75, 3.05) is 0 Å². The fourth-order valence-electron chi connectivity index (χ4n) is 3.90. The molecule has 0 saturated heterocycles. The number of carbonyl (C=O) groups excluding carboxylic acids is 2. The monoisotopic (exact) mass is 585 g/mol. The van der Waals surface area contributed by atoms with Crippen molar-refractivity contribution in [2.45, 2.75) is 0 Å². The summed E-state index contributed by atoms with van der Waals surface area (Å²) in [6.07, 6.45) is 15.9. The number of benzene rings is 2. The van der Waals surface area contributed by atoms with E-state index in [9.17, 15) is 19.8 Å². The first-order valence-corrected chi connectivity index (χ1v) is 12.1. The Balaban J connectivity index is 0.000000184. The number of allylic oxidation sites excluding steroid dienone is 10. The average molecular weight is 585 g/mol. The number of nitrogens with one attached hydrogen (secondary N) is 2. The smallest absolute Gasteiger partial charge is 0.218 e. The van der Waals surface area contributed by atoms with E-state index < -0.39 is 0 Å². The van der Waals surface area contributed by atoms with Crippen molar-refractivity contribution in [3.63, 3.8) is 0 Å². The second kappa shape index (κ2) is 13.1. The van der Waals surface area contributed by atoms with E-state index in [1.54, 1.807) is 36.5 Å². The largest absolute Gasteiger partial charge is 0.493 e. The standard InChI is InChI=1S/2C15H11N3O2.Mn/c2*19-13-8-4-1-5-10(13)9-16-18-14-11-6-2-3-7-12(11)17-15(14)20;/h2*1-9,17,20H;/b10-9+,18-16?;10-9-,18-16?;. The van der Waals surface area contributed by atoms with E-state index in [0.29, 0.717) is 22.5 Å². The van der Waals surface area contributed by atoms with Crippen LogP contribution < -0.4 is 0 Å². The summed E-state index contributed by atoms with van der Waals surface area (Å²) in [6.45, 7) is 0. The number of ketones is 2. The summed E-state index contributed by atoms with van der Waals surface area (Å²) in [5, 5.41) is 36.9. The molecule has 2 aliphatic carbocycles. The van der Waals surface area contributed by atoms with E-state index in [4.69, 9.17) is 0 Å². The number of rotatable bonds is 4. The summed E-state index contributed by atoms with van der Waals surface area (Å²) in [4.78, 5) is 28.6. The van der Waals surface area contributed by atoms with Crippen molar-refractivity contribution in [1.82, 2.24) is 9.97 Å². The first-order chi connectivity index (χ1) is 19.5. The van der Waals surface area contributed by atoms with Crippen LogP contribution in [0.3, 0.4) is 0 Å². The number of nitrogens with zero attached hydrogens (tertiary/aromatic N) is 4. The summed E-state index contributed by atoms with van der Waals surface area (Å²) in [5.41, 5.74) is 3.19. The number of azo groups is 2. The van der Waals surface area contributed by atoms with Crippen molar-refractivity contribution in [1.29, 1.82) is 0 Å². The normalized spacial score (nSPS) is 16.4. The number of aromatic hydroxyl groups is 2. The maximum absolute atomic E-state index is 11.5. The van der Waals surface area contributed by atoms with Crippen molar-refractivity contribution in [3.05, 3.63) is 121 Å². The van der Waals surface area contributed by atoms with Crippen molar-refractivity contribution < 1.29 is 36.9 Å². The number of carbonyl (C=O) groups is 2. The average Bonchev–Trinajstić information content (AvgIpc) is 3.46. The fourth-order valence-corrected chi connectivity index (χ4v) is 3.90. The first kappa shape index (κ1) is 28.6. The molecule has 11 heteroatoms. The zero-order valence-electron chi connectivity index (χ0n) is 21.3. The number of H-pyrrole nitrogens is 2. The van der Waals surface area contributed by atoms with Crippen molar-refractivity contribution in [2.24, 2.45) is 20.5 Å². The molecule has 0 bridgehead atoms. The molecule has 41 heavy (non-hydrogen) atoms. The van der Waals surface area contributed by atoms with Gasteiger partial charge >= 0.3 is 0 Å². The Morgan fingerprint density at radius 1 is 0.585 bits per heavy atom. The molecular formula is C30H22MnN6O4. The van der Waals surface area contributed by atoms with E-state index in [-0.39, 0.29) is 40.4 Å². The van der Waals surface area contributed by atoms with Crippen LogP contribution in [0, 0.1) is 0 Å². The number of aromatic amines is 2. The molecule has 0 spiro atoms. The molecule has 2 aromatic carbocycles. The van der Waals surface area contributed by atoms with Crippen molar-refractivity contribution >= 4 is 44.7 Å². The van der Waals surface area contributed by atoms with Gasteiger partial charge in [-0.05, 0) is 36.4 Å². The molecule has 2 aliphatic rings. The second-order valence-electron chi connectivity index (χ2n) is 8.50. The zero-order valence-corrected chi connectivity index (χ0v) is 22.5. The van der Waals surface area contributed by atoms with E-state index in [1.165, 1.54) is 24.6 Å². The number of fused-ring (bicyclic) bond motifs is 2. The Morgan fingerprint density at radius 2 is 0.976 bits per heavy atom. The fraction of sp³-hybridized carbons (Fsp3) is 0. The Hall–Kier alpha value is -5.38. The van der Waals surface area contributed by atoms with E-state index in [2.05, 4.69) is 30.4 Å². The third-order valence-electron chi connectivity index (χ3n) is 5.87. The van der Waals surface area contributed by atoms with Gasteiger partial charge in [0.2, 0.25) is 11.8 Å². The van der Waals surface area contributed by atoms with Crippen LogP contribution in [0.1, 0.15) is 0 Å². The number of aromatic nitrogens is 2. The van der Waals surface area contributed by atoms with Gasteiger partial charge in [0.1, 0.15) is 0 Å². The van der Waals surface area contributed by atoms with Crippen LogP contribution in [0.25, 0.3) is 21.8 Å². The molecule has 1 radical (unpaired) electrons. The third kappa shape index (κ3) is 6.62. The van der Waals surface area contributed by atoms with Crippen LogP contribution in [0.4, 0.5) is 11.4 Å². The number of hydrogen-bond acceptors (Lipinski definition) is 8. The quantitative estimate of drug-likeness (QED) is 0.115. The van der Waals surface area contributed by atoms with Crippen LogP contribution in [0.5, 0.6) is 11.8 Å². The van der Waals surface area contributed by atoms with Crippen LogP contribution in [0.15, 0.2) is 141 Å². The van der Waals surface area contributed by atoms with Gasteiger partial charge in [-0.1, -0.05) is 60.7 Å². The van der Waals surface area contributed by atoms with Gasteiger partial charge in [0.25, 0.3) is 0 Å². The summed E-state index contributed by atoms with van der Waals surface area (Å²) in [6, 6.07) is 14.8. The van der Waals surface area contributed by atoms with Gasteiger partial charge in [0, 0.05) is 39.0 Å². The molecule has 2 aromatic heterocycles. The molecule has 4 N–H and O–H groups in total. The summed E-state index contributed by atoms with van der Waals surface area (Å²) in [7, 11) is 0. The molecule has 0 atom stereocenters. The summed E-state index contributed by atoms with van der Waals surface area (Å²) < 4.78 is 0. The number of para-hydroxylation sites is 2. The molecule has 10 nitrogen and oxygen atoms in total. The molecule has 0 unspecified atom stereocenters. The minimum Gasteiger partial charge on any atom is -0.493 e. The van der Waals surface area contributed by atoms with Crippen LogP contribution in [0.2, 0.25) is 0 Å². The second-order valence-corrected chi connectivity index (χ2v) is 8.50. The maximum Gasteiger partial charge on any atom is 0.218 e. The Morgan fingerprint density at radius 3 is 1.39 bits per heavy atom. The van der Waals surface area contributed by atoms with Gasteiger partial charge in [-0.2, -0.15) is 10.2 Å². The van der Waals surface area contributed by atoms with Crippen LogP contribution in [-0.4, -0.2) is 31.7 Å². The predicted octanol–water partition coefficient (Wildman–Crippen LogP) is 7.07. The number of hydrogen-bond donors (Lipinski definition) is 4. The Bertz CT molecular complexity index is 1730. The predicted molar refractivity (Wildman–Crippen MR) is 152 cm³/mol. The van der Waals surface area contributed by atoms with Gasteiger partial charge in [-0.15, -0.1) is 10.2 Å². The molecule has 0 amide bonds. The topological polar surface area (TPSA) is 156 Å². The van der Waals surface area contributed by atoms with Gasteiger partial charge in [-0.3, -0.25) is 9.59 Å². The minimum absolute atomic E-state index is 0. The van der Waals surface area contributed by atoms with E-state index in [1.807, 2.05) is 48.5 Å². The molecule has 0 aliphatic heterocycles.